The van der Waals surface area contributed by atoms with Crippen molar-refractivity contribution in [3.8, 4) is 11.1 Å². The Labute approximate surface area is 106 Å². The third-order valence-electron chi connectivity index (χ3n) is 2.90. The van der Waals surface area contributed by atoms with E-state index in [2.05, 4.69) is 0 Å². The van der Waals surface area contributed by atoms with Crippen LogP contribution in [0, 0.1) is 0 Å². The Balaban J connectivity index is 2.57. The third-order valence-corrected chi connectivity index (χ3v) is 2.90. The lowest BCUT2D eigenvalue weighted by atomic mass is 10.1. The maximum atomic E-state index is 11.2. The van der Waals surface area contributed by atoms with Gasteiger partial charge in [-0.05, 0) is 26.0 Å². The van der Waals surface area contributed by atoms with Gasteiger partial charge in [-0.1, -0.05) is 18.2 Å². The van der Waals surface area contributed by atoms with Crippen molar-refractivity contribution in [3.05, 3.63) is 42.2 Å². The summed E-state index contributed by atoms with van der Waals surface area (Å²) in [6.45, 7) is 3.90. The van der Waals surface area contributed by atoms with E-state index in [0.717, 1.165) is 11.1 Å². The van der Waals surface area contributed by atoms with Crippen molar-refractivity contribution in [2.24, 2.45) is 0 Å². The van der Waals surface area contributed by atoms with E-state index >= 15 is 0 Å². The molecule has 0 spiro atoms. The predicted octanol–water partition coefficient (Wildman–Crippen LogP) is 3.02. The van der Waals surface area contributed by atoms with Crippen molar-refractivity contribution in [1.82, 2.24) is 4.57 Å². The molecule has 1 aromatic heterocycles. The number of para-hydroxylation sites is 1. The van der Waals surface area contributed by atoms with Gasteiger partial charge >= 0.3 is 5.97 Å². The SMILES string of the molecule is CC(C)n1cc(-c2ccccc2N)cc1C(=O)O. The topological polar surface area (TPSA) is 68.2 Å². The molecular weight excluding hydrogens is 228 g/mol. The van der Waals surface area contributed by atoms with Gasteiger partial charge in [0.25, 0.3) is 0 Å². The van der Waals surface area contributed by atoms with E-state index in [1.807, 2.05) is 44.3 Å². The minimum atomic E-state index is -0.926. The van der Waals surface area contributed by atoms with E-state index in [-0.39, 0.29) is 11.7 Å². The highest BCUT2D eigenvalue weighted by Gasteiger charge is 2.16. The lowest BCUT2D eigenvalue weighted by Gasteiger charge is -2.09. The van der Waals surface area contributed by atoms with Crippen LogP contribution in [0.1, 0.15) is 30.4 Å². The molecule has 0 unspecified atom stereocenters. The molecule has 0 aliphatic heterocycles. The summed E-state index contributed by atoms with van der Waals surface area (Å²) >= 11 is 0. The number of hydrogen-bond acceptors (Lipinski definition) is 2. The number of rotatable bonds is 3. The van der Waals surface area contributed by atoms with Gasteiger partial charge in [0.15, 0.2) is 0 Å². The molecule has 4 nitrogen and oxygen atoms in total. The standard InChI is InChI=1S/C14H16N2O2/c1-9(2)16-8-10(7-13(16)14(17)18)11-5-3-4-6-12(11)15/h3-9H,15H2,1-2H3,(H,17,18). The summed E-state index contributed by atoms with van der Waals surface area (Å²) in [7, 11) is 0. The Bertz CT molecular complexity index is 585. The molecule has 0 saturated heterocycles. The van der Waals surface area contributed by atoms with Crippen molar-refractivity contribution >= 4 is 11.7 Å². The zero-order valence-electron chi connectivity index (χ0n) is 10.4. The Kier molecular flexibility index (Phi) is 3.10. The zero-order chi connectivity index (χ0) is 13.3. The first-order valence-corrected chi connectivity index (χ1v) is 5.80. The van der Waals surface area contributed by atoms with Crippen molar-refractivity contribution in [2.45, 2.75) is 19.9 Å². The zero-order valence-corrected chi connectivity index (χ0v) is 10.4. The summed E-state index contributed by atoms with van der Waals surface area (Å²) in [6, 6.07) is 9.20. The number of carboxylic acids is 1. The number of nitrogens with two attached hydrogens (primary N) is 1. The minimum Gasteiger partial charge on any atom is -0.477 e. The molecule has 0 bridgehead atoms. The van der Waals surface area contributed by atoms with E-state index in [9.17, 15) is 9.90 Å². The highest BCUT2D eigenvalue weighted by Crippen LogP contribution is 2.28. The van der Waals surface area contributed by atoms with Crippen LogP contribution in [0.25, 0.3) is 11.1 Å². The molecule has 0 saturated carbocycles. The number of benzene rings is 1. The first-order valence-electron chi connectivity index (χ1n) is 5.80. The van der Waals surface area contributed by atoms with Crippen molar-refractivity contribution in [2.75, 3.05) is 5.73 Å². The predicted molar refractivity (Wildman–Crippen MR) is 71.6 cm³/mol. The molecule has 0 amide bonds. The van der Waals surface area contributed by atoms with Crippen LogP contribution >= 0.6 is 0 Å². The van der Waals surface area contributed by atoms with Gasteiger partial charge in [-0.2, -0.15) is 0 Å². The average molecular weight is 244 g/mol. The molecule has 4 heteroatoms. The van der Waals surface area contributed by atoms with Crippen molar-refractivity contribution in [1.29, 1.82) is 0 Å². The molecule has 94 valence electrons. The van der Waals surface area contributed by atoms with Gasteiger partial charge in [-0.25, -0.2) is 4.79 Å². The molecule has 2 aromatic rings. The van der Waals surface area contributed by atoms with Gasteiger partial charge in [0.05, 0.1) is 0 Å². The fraction of sp³-hybridized carbons (Fsp3) is 0.214. The van der Waals surface area contributed by atoms with Gasteiger partial charge in [-0.3, -0.25) is 0 Å². The van der Waals surface area contributed by atoms with Crippen LogP contribution in [-0.2, 0) is 0 Å². The number of carbonyl (C=O) groups is 1. The van der Waals surface area contributed by atoms with Crippen molar-refractivity contribution < 1.29 is 9.90 Å². The normalized spacial score (nSPS) is 10.8. The summed E-state index contributed by atoms with van der Waals surface area (Å²) in [5, 5.41) is 9.19. The fourth-order valence-electron chi connectivity index (χ4n) is 1.99. The van der Waals surface area contributed by atoms with E-state index in [1.165, 1.54) is 0 Å². The molecule has 1 aromatic carbocycles. The first-order chi connectivity index (χ1) is 8.50. The van der Waals surface area contributed by atoms with Crippen LogP contribution in [0.15, 0.2) is 36.5 Å². The largest absolute Gasteiger partial charge is 0.477 e. The van der Waals surface area contributed by atoms with Crippen LogP contribution in [0.2, 0.25) is 0 Å². The number of hydrogen-bond donors (Lipinski definition) is 2. The maximum Gasteiger partial charge on any atom is 0.352 e. The molecular formula is C14H16N2O2. The fourth-order valence-corrected chi connectivity index (χ4v) is 1.99. The van der Waals surface area contributed by atoms with E-state index in [1.54, 1.807) is 10.6 Å². The number of carboxylic acid groups (broad SMARTS) is 1. The quantitative estimate of drug-likeness (QED) is 0.815. The summed E-state index contributed by atoms with van der Waals surface area (Å²) in [5.41, 5.74) is 8.53. The first kappa shape index (κ1) is 12.2. The minimum absolute atomic E-state index is 0.0924. The third kappa shape index (κ3) is 2.09. The molecule has 3 N–H and O–H groups in total. The number of aromatic carboxylic acids is 1. The van der Waals surface area contributed by atoms with Crippen LogP contribution < -0.4 is 5.73 Å². The second-order valence-corrected chi connectivity index (χ2v) is 4.51. The van der Waals surface area contributed by atoms with Crippen LogP contribution in [-0.4, -0.2) is 15.6 Å². The van der Waals surface area contributed by atoms with Gasteiger partial charge in [0.2, 0.25) is 0 Å². The van der Waals surface area contributed by atoms with Gasteiger partial charge in [0, 0.05) is 29.1 Å². The number of anilines is 1. The van der Waals surface area contributed by atoms with Crippen LogP contribution in [0.4, 0.5) is 5.69 Å². The Morgan fingerprint density at radius 2 is 2.00 bits per heavy atom. The Hall–Kier alpha value is -2.23. The summed E-state index contributed by atoms with van der Waals surface area (Å²) in [6.07, 6.45) is 1.83. The molecule has 0 aliphatic carbocycles. The van der Waals surface area contributed by atoms with E-state index in [0.29, 0.717) is 5.69 Å². The van der Waals surface area contributed by atoms with Crippen molar-refractivity contribution in [3.63, 3.8) is 0 Å². The summed E-state index contributed by atoms with van der Waals surface area (Å²) < 4.78 is 1.74. The monoisotopic (exact) mass is 244 g/mol. The number of nitrogen functional groups attached to an aromatic ring is 1. The van der Waals surface area contributed by atoms with E-state index in [4.69, 9.17) is 5.73 Å². The molecule has 0 atom stereocenters. The highest BCUT2D eigenvalue weighted by atomic mass is 16.4. The molecule has 2 rings (SSSR count). The van der Waals surface area contributed by atoms with E-state index < -0.39 is 5.97 Å². The smallest absolute Gasteiger partial charge is 0.352 e. The maximum absolute atomic E-state index is 11.2. The second kappa shape index (κ2) is 4.56. The summed E-state index contributed by atoms with van der Waals surface area (Å²) in [4.78, 5) is 11.2. The summed E-state index contributed by atoms with van der Waals surface area (Å²) in [5.74, 6) is -0.926. The molecule has 0 radical (unpaired) electrons. The number of aromatic nitrogens is 1. The lowest BCUT2D eigenvalue weighted by Crippen LogP contribution is -2.09. The Morgan fingerprint density at radius 3 is 2.50 bits per heavy atom. The Morgan fingerprint density at radius 1 is 1.33 bits per heavy atom. The average Bonchev–Trinajstić information content (AvgIpc) is 2.74. The van der Waals surface area contributed by atoms with Crippen LogP contribution in [0.3, 0.4) is 0 Å². The van der Waals surface area contributed by atoms with Gasteiger partial charge in [0.1, 0.15) is 5.69 Å². The molecule has 0 fully saturated rings. The van der Waals surface area contributed by atoms with Gasteiger partial charge < -0.3 is 15.4 Å². The van der Waals surface area contributed by atoms with Crippen LogP contribution in [0.5, 0.6) is 0 Å². The molecule has 1 heterocycles. The second-order valence-electron chi connectivity index (χ2n) is 4.51. The lowest BCUT2D eigenvalue weighted by molar-refractivity contribution is 0.0683. The molecule has 18 heavy (non-hydrogen) atoms. The van der Waals surface area contributed by atoms with Gasteiger partial charge in [-0.15, -0.1) is 0 Å². The number of nitrogens with zero attached hydrogens (tertiary/aromatic N) is 1. The highest BCUT2D eigenvalue weighted by molar-refractivity contribution is 5.89. The molecule has 0 aliphatic rings.